The summed E-state index contributed by atoms with van der Waals surface area (Å²) in [6.45, 7) is 5.42. The molecule has 0 atom stereocenters. The lowest BCUT2D eigenvalue weighted by Gasteiger charge is -2.10. The van der Waals surface area contributed by atoms with Crippen LogP contribution in [0, 0.1) is 20.8 Å². The summed E-state index contributed by atoms with van der Waals surface area (Å²) in [5, 5.41) is 6.87. The fourth-order valence-electron chi connectivity index (χ4n) is 2.71. The Morgan fingerprint density at radius 2 is 1.88 bits per heavy atom. The molecular formula is C17H19N5O2. The van der Waals surface area contributed by atoms with Crippen molar-refractivity contribution in [3.63, 3.8) is 0 Å². The quantitative estimate of drug-likeness (QED) is 0.779. The number of nitrogens with zero attached hydrogens (tertiary/aromatic N) is 4. The molecule has 0 bridgehead atoms. The van der Waals surface area contributed by atoms with Gasteiger partial charge in [0.25, 0.3) is 11.5 Å². The van der Waals surface area contributed by atoms with Gasteiger partial charge in [0, 0.05) is 19.8 Å². The van der Waals surface area contributed by atoms with Crippen molar-refractivity contribution in [2.24, 2.45) is 14.1 Å². The summed E-state index contributed by atoms with van der Waals surface area (Å²) in [4.78, 5) is 29.3. The molecule has 0 aliphatic heterocycles. The number of nitrogens with one attached hydrogen (secondary N) is 1. The van der Waals surface area contributed by atoms with Crippen LogP contribution in [0.2, 0.25) is 0 Å². The number of anilines is 1. The smallest absolute Gasteiger partial charge is 0.279 e. The second kappa shape index (κ2) is 5.59. The highest BCUT2D eigenvalue weighted by Gasteiger charge is 2.18. The Balaban J connectivity index is 2.00. The van der Waals surface area contributed by atoms with Crippen LogP contribution in [0.1, 0.15) is 27.4 Å². The predicted molar refractivity (Wildman–Crippen MR) is 92.4 cm³/mol. The molecule has 3 rings (SSSR count). The van der Waals surface area contributed by atoms with Gasteiger partial charge in [0.15, 0.2) is 0 Å². The number of benzene rings is 1. The van der Waals surface area contributed by atoms with Crippen LogP contribution >= 0.6 is 0 Å². The van der Waals surface area contributed by atoms with Gasteiger partial charge in [0.1, 0.15) is 11.4 Å². The van der Waals surface area contributed by atoms with E-state index in [1.807, 2.05) is 24.6 Å². The number of aryl methyl sites for hydroxylation is 4. The van der Waals surface area contributed by atoms with Crippen molar-refractivity contribution in [3.05, 3.63) is 51.2 Å². The molecule has 0 unspecified atom stereocenters. The van der Waals surface area contributed by atoms with Gasteiger partial charge in [-0.1, -0.05) is 0 Å². The summed E-state index contributed by atoms with van der Waals surface area (Å²) < 4.78 is 3.16. The highest BCUT2D eigenvalue weighted by Crippen LogP contribution is 2.20. The third kappa shape index (κ3) is 2.47. The van der Waals surface area contributed by atoms with Crippen LogP contribution < -0.4 is 10.9 Å². The first kappa shape index (κ1) is 15.9. The monoisotopic (exact) mass is 325 g/mol. The fraction of sp³-hybridized carbons (Fsp3) is 0.294. The van der Waals surface area contributed by atoms with Crippen LogP contribution in [0.4, 0.5) is 5.69 Å². The molecule has 24 heavy (non-hydrogen) atoms. The van der Waals surface area contributed by atoms with E-state index in [4.69, 9.17) is 0 Å². The average molecular weight is 325 g/mol. The zero-order valence-corrected chi connectivity index (χ0v) is 14.3. The number of carbonyl (C=O) groups excluding carboxylic acids is 1. The number of fused-ring (bicyclic) bond motifs is 1. The number of hydrogen-bond donors (Lipinski definition) is 1. The lowest BCUT2D eigenvalue weighted by Crippen LogP contribution is -2.31. The Hall–Kier alpha value is -2.96. The minimum atomic E-state index is -0.439. The van der Waals surface area contributed by atoms with Crippen molar-refractivity contribution < 1.29 is 4.79 Å². The van der Waals surface area contributed by atoms with E-state index in [-0.39, 0.29) is 5.56 Å². The number of hydrogen-bond acceptors (Lipinski definition) is 4. The molecule has 124 valence electrons. The summed E-state index contributed by atoms with van der Waals surface area (Å²) >= 11 is 0. The van der Waals surface area contributed by atoms with Crippen LogP contribution in [0.5, 0.6) is 0 Å². The number of rotatable bonds is 2. The van der Waals surface area contributed by atoms with Gasteiger partial charge in [0.05, 0.1) is 16.7 Å². The van der Waals surface area contributed by atoms with Crippen LogP contribution in [0.3, 0.4) is 0 Å². The first-order chi connectivity index (χ1) is 11.3. The number of imidazole rings is 1. The Kier molecular flexibility index (Phi) is 3.71. The zero-order valence-electron chi connectivity index (χ0n) is 14.3. The van der Waals surface area contributed by atoms with Gasteiger partial charge in [-0.05, 0) is 44.5 Å². The Labute approximate surface area is 138 Å². The maximum Gasteiger partial charge on any atom is 0.279 e. The zero-order chi connectivity index (χ0) is 17.6. The largest absolute Gasteiger partial charge is 0.331 e. The van der Waals surface area contributed by atoms with E-state index in [1.54, 1.807) is 26.0 Å². The number of carbonyl (C=O) groups is 1. The van der Waals surface area contributed by atoms with E-state index in [9.17, 15) is 9.59 Å². The highest BCUT2D eigenvalue weighted by molar-refractivity contribution is 6.05. The predicted octanol–water partition coefficient (Wildman–Crippen LogP) is 1.84. The van der Waals surface area contributed by atoms with Gasteiger partial charge in [-0.25, -0.2) is 9.67 Å². The van der Waals surface area contributed by atoms with E-state index in [1.165, 1.54) is 11.7 Å². The summed E-state index contributed by atoms with van der Waals surface area (Å²) in [5.41, 5.74) is 3.32. The normalized spacial score (nSPS) is 11.0. The van der Waals surface area contributed by atoms with E-state index in [2.05, 4.69) is 15.4 Å². The van der Waals surface area contributed by atoms with Gasteiger partial charge in [-0.2, -0.15) is 5.10 Å². The number of amides is 1. The number of aromatic nitrogens is 4. The molecule has 7 nitrogen and oxygen atoms in total. The molecule has 0 saturated heterocycles. The standard InChI is InChI=1S/C17H19N5O2/c1-9-10(2)20-22(5)17(24)15(9)16(23)19-12-6-7-14-13(8-12)18-11(3)21(14)4/h6-8H,1-5H3,(H,19,23). The van der Waals surface area contributed by atoms with Crippen LogP contribution in [-0.4, -0.2) is 25.2 Å². The lowest BCUT2D eigenvalue weighted by atomic mass is 10.1. The second-order valence-corrected chi connectivity index (χ2v) is 5.89. The average Bonchev–Trinajstić information content (AvgIpc) is 2.80. The van der Waals surface area contributed by atoms with Crippen molar-refractivity contribution in [2.45, 2.75) is 20.8 Å². The summed E-state index contributed by atoms with van der Waals surface area (Å²) in [6, 6.07) is 5.50. The SMILES string of the molecule is Cc1nn(C)c(=O)c(C(=O)Nc2ccc3c(c2)nc(C)n3C)c1C. The topological polar surface area (TPSA) is 81.8 Å². The van der Waals surface area contributed by atoms with Crippen molar-refractivity contribution in [1.29, 1.82) is 0 Å². The highest BCUT2D eigenvalue weighted by atomic mass is 16.2. The van der Waals surface area contributed by atoms with Gasteiger partial charge in [-0.3, -0.25) is 9.59 Å². The first-order valence-electron chi connectivity index (χ1n) is 7.58. The minimum Gasteiger partial charge on any atom is -0.331 e. The maximum absolute atomic E-state index is 12.6. The lowest BCUT2D eigenvalue weighted by molar-refractivity contribution is 0.102. The second-order valence-electron chi connectivity index (χ2n) is 5.89. The minimum absolute atomic E-state index is 0.113. The third-order valence-electron chi connectivity index (χ3n) is 4.31. The third-order valence-corrected chi connectivity index (χ3v) is 4.31. The Bertz CT molecular complexity index is 1030. The molecule has 2 aromatic heterocycles. The molecule has 1 amide bonds. The molecule has 3 aromatic rings. The molecule has 0 saturated carbocycles. The Morgan fingerprint density at radius 1 is 1.17 bits per heavy atom. The van der Waals surface area contributed by atoms with Gasteiger partial charge < -0.3 is 9.88 Å². The maximum atomic E-state index is 12.6. The van der Waals surface area contributed by atoms with Crippen molar-refractivity contribution in [1.82, 2.24) is 19.3 Å². The van der Waals surface area contributed by atoms with Gasteiger partial charge >= 0.3 is 0 Å². The molecular weight excluding hydrogens is 306 g/mol. The Morgan fingerprint density at radius 3 is 2.58 bits per heavy atom. The molecule has 1 N–H and O–H groups in total. The molecule has 7 heteroatoms. The van der Waals surface area contributed by atoms with Crippen molar-refractivity contribution in [2.75, 3.05) is 5.32 Å². The van der Waals surface area contributed by atoms with Crippen LogP contribution in [0.25, 0.3) is 11.0 Å². The van der Waals surface area contributed by atoms with Crippen LogP contribution in [-0.2, 0) is 14.1 Å². The van der Waals surface area contributed by atoms with E-state index in [0.717, 1.165) is 16.9 Å². The summed E-state index contributed by atoms with van der Waals surface area (Å²) in [5.74, 6) is 0.452. The van der Waals surface area contributed by atoms with Crippen molar-refractivity contribution >= 4 is 22.6 Å². The molecule has 0 aliphatic carbocycles. The molecule has 0 fully saturated rings. The molecule has 2 heterocycles. The molecule has 0 radical (unpaired) electrons. The molecule has 0 spiro atoms. The summed E-state index contributed by atoms with van der Waals surface area (Å²) in [7, 11) is 3.48. The van der Waals surface area contributed by atoms with E-state index in [0.29, 0.717) is 16.9 Å². The molecule has 1 aromatic carbocycles. The van der Waals surface area contributed by atoms with Gasteiger partial charge in [0.2, 0.25) is 0 Å². The van der Waals surface area contributed by atoms with E-state index >= 15 is 0 Å². The van der Waals surface area contributed by atoms with Crippen LogP contribution in [0.15, 0.2) is 23.0 Å². The van der Waals surface area contributed by atoms with Gasteiger partial charge in [-0.15, -0.1) is 0 Å². The molecule has 0 aliphatic rings. The van der Waals surface area contributed by atoms with Crippen molar-refractivity contribution in [3.8, 4) is 0 Å². The summed E-state index contributed by atoms with van der Waals surface area (Å²) in [6.07, 6.45) is 0. The fourth-order valence-corrected chi connectivity index (χ4v) is 2.71. The van der Waals surface area contributed by atoms with E-state index < -0.39 is 11.5 Å². The first-order valence-corrected chi connectivity index (χ1v) is 7.58.